The van der Waals surface area contributed by atoms with E-state index in [9.17, 15) is 8.42 Å². The predicted molar refractivity (Wildman–Crippen MR) is 90.0 cm³/mol. The van der Waals surface area contributed by atoms with E-state index in [2.05, 4.69) is 4.72 Å². The second-order valence-electron chi connectivity index (χ2n) is 6.04. The van der Waals surface area contributed by atoms with Crippen molar-refractivity contribution in [2.45, 2.75) is 36.6 Å². The molecule has 0 heterocycles. The molecule has 0 atom stereocenters. The van der Waals surface area contributed by atoms with Crippen LogP contribution in [0, 0.1) is 6.92 Å². The van der Waals surface area contributed by atoms with Crippen molar-refractivity contribution >= 4 is 10.0 Å². The molecule has 3 rings (SSSR count). The molecule has 4 nitrogen and oxygen atoms in total. The Morgan fingerprint density at radius 1 is 1.09 bits per heavy atom. The van der Waals surface area contributed by atoms with Gasteiger partial charge in [0.2, 0.25) is 10.0 Å². The molecule has 23 heavy (non-hydrogen) atoms. The third kappa shape index (κ3) is 2.99. The van der Waals surface area contributed by atoms with E-state index < -0.39 is 15.6 Å². The summed E-state index contributed by atoms with van der Waals surface area (Å²) in [5.74, 6) is 0.686. The molecule has 5 heteroatoms. The minimum atomic E-state index is -3.58. The lowest BCUT2D eigenvalue weighted by atomic mass is 9.73. The SMILES string of the molecule is COc1ccc(S(=O)(=O)NC2(c3ccccc3)CCC2)cc1C. The average molecular weight is 331 g/mol. The molecule has 0 bridgehead atoms. The molecule has 1 aliphatic rings. The van der Waals surface area contributed by atoms with E-state index in [0.717, 1.165) is 30.4 Å². The Labute approximate surface area is 137 Å². The number of hydrogen-bond acceptors (Lipinski definition) is 3. The fraction of sp³-hybridized carbons (Fsp3) is 0.333. The summed E-state index contributed by atoms with van der Waals surface area (Å²) in [5.41, 5.74) is 1.35. The first-order chi connectivity index (χ1) is 11.0. The van der Waals surface area contributed by atoms with Crippen LogP contribution < -0.4 is 9.46 Å². The summed E-state index contributed by atoms with van der Waals surface area (Å²) in [5, 5.41) is 0. The van der Waals surface area contributed by atoms with Crippen molar-refractivity contribution in [2.24, 2.45) is 0 Å². The molecule has 1 fully saturated rings. The van der Waals surface area contributed by atoms with Crippen LogP contribution in [0.3, 0.4) is 0 Å². The number of benzene rings is 2. The highest BCUT2D eigenvalue weighted by atomic mass is 32.2. The second-order valence-corrected chi connectivity index (χ2v) is 7.72. The minimum absolute atomic E-state index is 0.276. The third-order valence-electron chi connectivity index (χ3n) is 4.54. The van der Waals surface area contributed by atoms with Gasteiger partial charge in [0.25, 0.3) is 0 Å². The van der Waals surface area contributed by atoms with Crippen molar-refractivity contribution in [2.75, 3.05) is 7.11 Å². The van der Waals surface area contributed by atoms with E-state index in [1.165, 1.54) is 0 Å². The molecule has 1 saturated carbocycles. The number of rotatable bonds is 5. The molecule has 122 valence electrons. The number of methoxy groups -OCH3 is 1. The van der Waals surface area contributed by atoms with Gasteiger partial charge in [0.15, 0.2) is 0 Å². The van der Waals surface area contributed by atoms with Gasteiger partial charge in [-0.1, -0.05) is 30.3 Å². The van der Waals surface area contributed by atoms with Crippen LogP contribution in [-0.4, -0.2) is 15.5 Å². The van der Waals surface area contributed by atoms with Crippen molar-refractivity contribution < 1.29 is 13.2 Å². The van der Waals surface area contributed by atoms with Crippen LogP contribution in [0.15, 0.2) is 53.4 Å². The van der Waals surface area contributed by atoms with E-state index in [1.807, 2.05) is 37.3 Å². The molecular weight excluding hydrogens is 310 g/mol. The number of ether oxygens (including phenoxy) is 1. The van der Waals surface area contributed by atoms with Gasteiger partial charge in [-0.2, -0.15) is 0 Å². The van der Waals surface area contributed by atoms with Gasteiger partial charge in [-0.15, -0.1) is 0 Å². The largest absolute Gasteiger partial charge is 0.496 e. The Morgan fingerprint density at radius 2 is 1.78 bits per heavy atom. The van der Waals surface area contributed by atoms with Gasteiger partial charge >= 0.3 is 0 Å². The first-order valence-corrected chi connectivity index (χ1v) is 9.19. The molecule has 1 aliphatic carbocycles. The highest BCUT2D eigenvalue weighted by Crippen LogP contribution is 2.42. The molecule has 0 amide bonds. The fourth-order valence-electron chi connectivity index (χ4n) is 3.07. The van der Waals surface area contributed by atoms with E-state index >= 15 is 0 Å². The Balaban J connectivity index is 1.93. The van der Waals surface area contributed by atoms with E-state index in [0.29, 0.717) is 5.75 Å². The lowest BCUT2D eigenvalue weighted by molar-refractivity contribution is 0.224. The second kappa shape index (κ2) is 5.98. The molecule has 1 N–H and O–H groups in total. The summed E-state index contributed by atoms with van der Waals surface area (Å²) in [6.45, 7) is 1.84. The van der Waals surface area contributed by atoms with Gasteiger partial charge in [0.1, 0.15) is 5.75 Å². The lowest BCUT2D eigenvalue weighted by Crippen LogP contribution is -2.50. The highest BCUT2D eigenvalue weighted by Gasteiger charge is 2.42. The average Bonchev–Trinajstić information content (AvgIpc) is 2.52. The first kappa shape index (κ1) is 16.0. The maximum atomic E-state index is 12.8. The molecular formula is C18H21NO3S. The van der Waals surface area contributed by atoms with Crippen LogP contribution >= 0.6 is 0 Å². The van der Waals surface area contributed by atoms with Crippen LogP contribution in [0.5, 0.6) is 5.75 Å². The zero-order valence-electron chi connectivity index (χ0n) is 13.4. The van der Waals surface area contributed by atoms with E-state index in [4.69, 9.17) is 4.74 Å². The predicted octanol–water partition coefficient (Wildman–Crippen LogP) is 3.36. The maximum absolute atomic E-state index is 12.8. The van der Waals surface area contributed by atoms with Gasteiger partial charge in [-0.05, 0) is 55.5 Å². The van der Waals surface area contributed by atoms with Gasteiger partial charge in [0, 0.05) is 0 Å². The van der Waals surface area contributed by atoms with Crippen molar-refractivity contribution in [3.63, 3.8) is 0 Å². The molecule has 0 unspecified atom stereocenters. The third-order valence-corrected chi connectivity index (χ3v) is 6.07. The summed E-state index contributed by atoms with van der Waals surface area (Å²) >= 11 is 0. The quantitative estimate of drug-likeness (QED) is 0.914. The Kier molecular flexibility index (Phi) is 4.17. The number of nitrogens with one attached hydrogen (secondary N) is 1. The van der Waals surface area contributed by atoms with Crippen LogP contribution in [0.2, 0.25) is 0 Å². The molecule has 0 saturated heterocycles. The Hall–Kier alpha value is -1.85. The molecule has 0 aliphatic heterocycles. The lowest BCUT2D eigenvalue weighted by Gasteiger charge is -2.42. The molecule has 0 spiro atoms. The fourth-order valence-corrected chi connectivity index (χ4v) is 4.60. The van der Waals surface area contributed by atoms with Gasteiger partial charge < -0.3 is 4.74 Å². The summed E-state index contributed by atoms with van der Waals surface area (Å²) in [6, 6.07) is 14.7. The summed E-state index contributed by atoms with van der Waals surface area (Å²) in [6.07, 6.45) is 2.68. The minimum Gasteiger partial charge on any atom is -0.496 e. The van der Waals surface area contributed by atoms with Gasteiger partial charge in [-0.3, -0.25) is 0 Å². The summed E-state index contributed by atoms with van der Waals surface area (Å²) in [4.78, 5) is 0.276. The van der Waals surface area contributed by atoms with Crippen LogP contribution in [0.4, 0.5) is 0 Å². The van der Waals surface area contributed by atoms with E-state index in [1.54, 1.807) is 25.3 Å². The smallest absolute Gasteiger partial charge is 0.241 e. The Bertz CT molecular complexity index is 796. The Morgan fingerprint density at radius 3 is 2.30 bits per heavy atom. The zero-order valence-corrected chi connectivity index (χ0v) is 14.2. The van der Waals surface area contributed by atoms with Gasteiger partial charge in [0.05, 0.1) is 17.5 Å². The standard InChI is InChI=1S/C18H21NO3S/c1-14-13-16(9-10-17(14)22-2)23(20,21)19-18(11-6-12-18)15-7-4-3-5-8-15/h3-5,7-10,13,19H,6,11-12H2,1-2H3. The van der Waals surface area contributed by atoms with Crippen molar-refractivity contribution in [1.29, 1.82) is 0 Å². The molecule has 2 aromatic carbocycles. The van der Waals surface area contributed by atoms with Crippen molar-refractivity contribution in [3.8, 4) is 5.75 Å². The molecule has 2 aromatic rings. The molecule has 0 radical (unpaired) electrons. The summed E-state index contributed by atoms with van der Waals surface area (Å²) in [7, 11) is -2.00. The zero-order chi connectivity index (χ0) is 16.5. The monoisotopic (exact) mass is 331 g/mol. The van der Waals surface area contributed by atoms with Crippen molar-refractivity contribution in [1.82, 2.24) is 4.72 Å². The van der Waals surface area contributed by atoms with E-state index in [-0.39, 0.29) is 4.90 Å². The number of aryl methyl sites for hydroxylation is 1. The van der Waals surface area contributed by atoms with Gasteiger partial charge in [-0.25, -0.2) is 13.1 Å². The number of sulfonamides is 1. The van der Waals surface area contributed by atoms with Crippen molar-refractivity contribution in [3.05, 3.63) is 59.7 Å². The van der Waals surface area contributed by atoms with Crippen LogP contribution in [0.1, 0.15) is 30.4 Å². The molecule has 0 aromatic heterocycles. The normalized spacial score (nSPS) is 16.6. The van der Waals surface area contributed by atoms with Crippen LogP contribution in [0.25, 0.3) is 0 Å². The summed E-state index contributed by atoms with van der Waals surface area (Å²) < 4.78 is 33.8. The topological polar surface area (TPSA) is 55.4 Å². The maximum Gasteiger partial charge on any atom is 0.241 e. The highest BCUT2D eigenvalue weighted by molar-refractivity contribution is 7.89. The first-order valence-electron chi connectivity index (χ1n) is 7.71. The number of hydrogen-bond donors (Lipinski definition) is 1. The van der Waals surface area contributed by atoms with Crippen LogP contribution in [-0.2, 0) is 15.6 Å².